The van der Waals surface area contributed by atoms with Crippen molar-refractivity contribution in [3.05, 3.63) is 154 Å². The molecule has 0 fully saturated rings. The minimum atomic E-state index is 0.0686. The lowest BCUT2D eigenvalue weighted by Gasteiger charge is -2.41. The van der Waals surface area contributed by atoms with Gasteiger partial charge in [-0.2, -0.15) is 0 Å². The number of thiophene rings is 3. The van der Waals surface area contributed by atoms with E-state index in [-0.39, 0.29) is 27.6 Å². The normalized spacial score (nSPS) is 16.6. The molecule has 1 aliphatic heterocycles. The zero-order valence-corrected chi connectivity index (χ0v) is 44.3. The maximum Gasteiger partial charge on any atom is 0.206 e. The van der Waals surface area contributed by atoms with Crippen LogP contribution in [0, 0.1) is 6.92 Å². The van der Waals surface area contributed by atoms with Crippen LogP contribution in [-0.2, 0) is 21.7 Å². The number of rotatable bonds is 4. The Morgan fingerprint density at radius 1 is 0.515 bits per heavy atom. The maximum atomic E-state index is 4.05. The van der Waals surface area contributed by atoms with Crippen molar-refractivity contribution in [3.8, 4) is 22.3 Å². The fraction of sp³-hybridized carbons (Fsp3) is 0.302. The van der Waals surface area contributed by atoms with Gasteiger partial charge in [0.15, 0.2) is 0 Å². The first-order valence-corrected chi connectivity index (χ1v) is 27.3. The third kappa shape index (κ3) is 6.96. The molecular weight excluding hydrogens is 878 g/mol. The first kappa shape index (κ1) is 44.0. The molecule has 5 heteroatoms. The summed E-state index contributed by atoms with van der Waals surface area (Å²) >= 11 is 5.89. The molecule has 12 rings (SSSR count). The van der Waals surface area contributed by atoms with Crippen LogP contribution in [0.4, 0.5) is 11.4 Å². The number of aryl methyl sites for hydroxylation is 1. The summed E-state index contributed by atoms with van der Waals surface area (Å²) in [5, 5.41) is 10.9. The monoisotopic (exact) mass is 939 g/mol. The Balaban J connectivity index is 1.13. The van der Waals surface area contributed by atoms with Crippen LogP contribution in [0.1, 0.15) is 134 Å². The number of nitrogens with one attached hydrogen (secondary N) is 1. The van der Waals surface area contributed by atoms with E-state index in [0.29, 0.717) is 0 Å². The van der Waals surface area contributed by atoms with Crippen molar-refractivity contribution in [2.45, 2.75) is 124 Å². The van der Waals surface area contributed by atoms with Gasteiger partial charge in [0.05, 0.1) is 0 Å². The van der Waals surface area contributed by atoms with Crippen LogP contribution in [-0.4, -0.2) is 7.28 Å². The van der Waals surface area contributed by atoms with Crippen LogP contribution in [0.5, 0.6) is 0 Å². The van der Waals surface area contributed by atoms with Crippen molar-refractivity contribution in [2.24, 2.45) is 0 Å². The van der Waals surface area contributed by atoms with Crippen molar-refractivity contribution < 1.29 is 0 Å². The van der Waals surface area contributed by atoms with Crippen molar-refractivity contribution in [1.82, 2.24) is 0 Å². The lowest BCUT2D eigenvalue weighted by Crippen LogP contribution is -2.38. The Morgan fingerprint density at radius 3 is 1.84 bits per heavy atom. The standard InChI is InChI=1S/C63H62BNS3/c1-34-27-53-44(39-15-13-14-16-51(39)66-53)29-42(34)40-22-23-41(58-56(40)35(2)57-47-28-37(61(6,7)8)19-24-52(47)68-59(57)64-58)43-30-45-46-31-48-49(63(11,12)26-25-62(48,9)10)32-54(46)67-55(45)33-50(43)65-38-20-17-36(18-21-38)60(3,4)5/h13-24,27-33,35,64-65H,25-26H2,1-12H3. The number of fused-ring (bicyclic) bond motifs is 11. The van der Waals surface area contributed by atoms with Crippen molar-refractivity contribution in [3.63, 3.8) is 0 Å². The van der Waals surface area contributed by atoms with Gasteiger partial charge in [-0.3, -0.25) is 0 Å². The van der Waals surface area contributed by atoms with E-state index in [1.165, 1.54) is 140 Å². The molecule has 1 aliphatic carbocycles. The minimum Gasteiger partial charge on any atom is -0.355 e. The summed E-state index contributed by atoms with van der Waals surface area (Å²) in [5.41, 5.74) is 19.7. The van der Waals surface area contributed by atoms with Gasteiger partial charge in [0, 0.05) is 67.9 Å². The Kier molecular flexibility index (Phi) is 9.81. The van der Waals surface area contributed by atoms with E-state index >= 15 is 0 Å². The molecular formula is C63H62BNS3. The highest BCUT2D eigenvalue weighted by Gasteiger charge is 2.38. The van der Waals surface area contributed by atoms with Crippen LogP contribution in [0.15, 0.2) is 115 Å². The zero-order valence-electron chi connectivity index (χ0n) is 41.9. The van der Waals surface area contributed by atoms with Crippen LogP contribution >= 0.6 is 34.0 Å². The summed E-state index contributed by atoms with van der Waals surface area (Å²) in [6.07, 6.45) is 2.42. The number of hydrogen-bond acceptors (Lipinski definition) is 4. The third-order valence-electron chi connectivity index (χ3n) is 16.1. The molecule has 2 aliphatic rings. The summed E-state index contributed by atoms with van der Waals surface area (Å²) < 4.78 is 8.35. The van der Waals surface area contributed by atoms with Gasteiger partial charge in [-0.05, 0) is 174 Å². The van der Waals surface area contributed by atoms with E-state index in [9.17, 15) is 0 Å². The highest BCUT2D eigenvalue weighted by atomic mass is 32.1. The van der Waals surface area contributed by atoms with Crippen LogP contribution in [0.2, 0.25) is 0 Å². The molecule has 0 saturated carbocycles. The Hall–Kier alpha value is -5.20. The van der Waals surface area contributed by atoms with Gasteiger partial charge in [-0.15, -0.1) is 34.0 Å². The quantitative estimate of drug-likeness (QED) is 0.173. The molecule has 0 saturated heterocycles. The van der Waals surface area contributed by atoms with Crippen LogP contribution in [0.25, 0.3) is 72.7 Å². The van der Waals surface area contributed by atoms with Crippen molar-refractivity contribution >= 4 is 113 Å². The van der Waals surface area contributed by atoms with Gasteiger partial charge < -0.3 is 5.32 Å². The molecule has 1 N–H and O–H groups in total. The minimum absolute atomic E-state index is 0.0686. The number of benzene rings is 7. The highest BCUT2D eigenvalue weighted by Crippen LogP contribution is 2.51. The maximum absolute atomic E-state index is 4.05. The first-order chi connectivity index (χ1) is 32.2. The van der Waals surface area contributed by atoms with E-state index in [2.05, 4.69) is 204 Å². The second-order valence-electron chi connectivity index (χ2n) is 23.7. The van der Waals surface area contributed by atoms with E-state index in [0.717, 1.165) is 13.0 Å². The highest BCUT2D eigenvalue weighted by molar-refractivity contribution is 7.29. The van der Waals surface area contributed by atoms with Gasteiger partial charge in [0.2, 0.25) is 7.28 Å². The Bertz CT molecular complexity index is 3730. The van der Waals surface area contributed by atoms with Crippen LogP contribution in [0.3, 0.4) is 0 Å². The molecule has 1 atom stereocenters. The smallest absolute Gasteiger partial charge is 0.206 e. The van der Waals surface area contributed by atoms with Crippen molar-refractivity contribution in [1.29, 1.82) is 0 Å². The van der Waals surface area contributed by atoms with E-state index in [1.807, 2.05) is 34.0 Å². The van der Waals surface area contributed by atoms with Gasteiger partial charge in [-0.1, -0.05) is 130 Å². The Labute approximate surface area is 415 Å². The molecule has 0 amide bonds. The van der Waals surface area contributed by atoms with Gasteiger partial charge in [0.1, 0.15) is 0 Å². The van der Waals surface area contributed by atoms with Gasteiger partial charge in [0.25, 0.3) is 0 Å². The average molecular weight is 940 g/mol. The molecule has 7 aromatic carbocycles. The topological polar surface area (TPSA) is 12.0 Å². The molecule has 10 aromatic rings. The summed E-state index contributed by atoms with van der Waals surface area (Å²) in [7, 11) is 0.907. The lowest BCUT2D eigenvalue weighted by atomic mass is 9.55. The Morgan fingerprint density at radius 2 is 1.10 bits per heavy atom. The molecule has 0 radical (unpaired) electrons. The van der Waals surface area contributed by atoms with Crippen molar-refractivity contribution in [2.75, 3.05) is 5.32 Å². The second kappa shape index (κ2) is 15.2. The molecule has 3 aromatic heterocycles. The van der Waals surface area contributed by atoms with Gasteiger partial charge >= 0.3 is 0 Å². The number of hydrogen-bond donors (Lipinski definition) is 1. The summed E-state index contributed by atoms with van der Waals surface area (Å²) in [5.74, 6) is 0.200. The fourth-order valence-electron chi connectivity index (χ4n) is 12.0. The SMILES string of the molecule is Cc1cc2sc3ccccc3c2cc1-c1ccc(-c2cc3c(cc2Nc2ccc(C(C)(C)C)cc2)sc2cc4c(cc23)C(C)(C)CCC4(C)C)c2c1C(C)c1c(sc3ccc(C(C)(C)C)cc13)B2. The summed E-state index contributed by atoms with van der Waals surface area (Å²) in [6, 6.07) is 45.6. The van der Waals surface area contributed by atoms with E-state index < -0.39 is 0 Å². The molecule has 68 heavy (non-hydrogen) atoms. The zero-order chi connectivity index (χ0) is 47.4. The largest absolute Gasteiger partial charge is 0.355 e. The average Bonchev–Trinajstić information content (AvgIpc) is 3.96. The van der Waals surface area contributed by atoms with Crippen LogP contribution < -0.4 is 15.6 Å². The second-order valence-corrected chi connectivity index (χ2v) is 27.0. The predicted octanol–water partition coefficient (Wildman–Crippen LogP) is 17.8. The van der Waals surface area contributed by atoms with E-state index in [4.69, 9.17) is 0 Å². The molecule has 1 unspecified atom stereocenters. The first-order valence-electron chi connectivity index (χ1n) is 24.8. The fourth-order valence-corrected chi connectivity index (χ4v) is 15.6. The third-order valence-corrected chi connectivity index (χ3v) is 19.6. The van der Waals surface area contributed by atoms with Gasteiger partial charge in [-0.25, -0.2) is 0 Å². The molecule has 4 heterocycles. The number of anilines is 2. The predicted molar refractivity (Wildman–Crippen MR) is 306 cm³/mol. The summed E-state index contributed by atoms with van der Waals surface area (Å²) in [6.45, 7) is 28.6. The molecule has 0 bridgehead atoms. The molecule has 340 valence electrons. The summed E-state index contributed by atoms with van der Waals surface area (Å²) in [4.78, 5) is 0. The van der Waals surface area contributed by atoms with E-state index in [1.54, 1.807) is 0 Å². The lowest BCUT2D eigenvalue weighted by molar-refractivity contribution is 0.332. The molecule has 0 spiro atoms. The molecule has 1 nitrogen and oxygen atoms in total.